The molecule has 86 valence electrons. The molecule has 3 rings (SSSR count). The largest absolute Gasteiger partial charge is 0.374 e. The van der Waals surface area contributed by atoms with Gasteiger partial charge in [-0.05, 0) is 55.3 Å². The van der Waals surface area contributed by atoms with Crippen molar-refractivity contribution in [3.05, 3.63) is 0 Å². The van der Waals surface area contributed by atoms with Gasteiger partial charge in [-0.25, -0.2) is 0 Å². The molecule has 0 aromatic rings. The lowest BCUT2D eigenvalue weighted by molar-refractivity contribution is -0.182. The number of hydrogen-bond donors (Lipinski definition) is 0. The molecule has 0 N–H and O–H groups in total. The van der Waals surface area contributed by atoms with E-state index in [1.54, 1.807) is 0 Å². The second-order valence-corrected chi connectivity index (χ2v) is 7.00. The maximum atomic E-state index is 6.36. The summed E-state index contributed by atoms with van der Waals surface area (Å²) in [6.07, 6.45) is 6.69. The number of fused-ring (bicyclic) bond motifs is 5. The predicted octanol–water partition coefficient (Wildman–Crippen LogP) is 3.63. The zero-order chi connectivity index (χ0) is 10.8. The molecular weight excluding hydrogens is 184 g/mol. The molecule has 3 fully saturated rings. The van der Waals surface area contributed by atoms with E-state index < -0.39 is 0 Å². The number of ether oxygens (including phenoxy) is 1. The minimum Gasteiger partial charge on any atom is -0.374 e. The second-order valence-electron chi connectivity index (χ2n) is 7.00. The Morgan fingerprint density at radius 3 is 2.60 bits per heavy atom. The average Bonchev–Trinajstić information content (AvgIpc) is 2.62. The van der Waals surface area contributed by atoms with Gasteiger partial charge in [0.05, 0.1) is 12.2 Å². The highest BCUT2D eigenvalue weighted by atomic mass is 16.5. The van der Waals surface area contributed by atoms with Crippen molar-refractivity contribution in [2.24, 2.45) is 22.7 Å². The summed E-state index contributed by atoms with van der Waals surface area (Å²) in [6, 6.07) is 0. The first kappa shape index (κ1) is 10.1. The molecule has 15 heavy (non-hydrogen) atoms. The molecule has 1 saturated heterocycles. The van der Waals surface area contributed by atoms with Crippen molar-refractivity contribution in [3.63, 3.8) is 0 Å². The highest BCUT2D eigenvalue weighted by molar-refractivity contribution is 5.13. The van der Waals surface area contributed by atoms with Crippen LogP contribution in [0.2, 0.25) is 0 Å². The molecule has 0 aromatic carbocycles. The summed E-state index contributed by atoms with van der Waals surface area (Å²) >= 11 is 0. The van der Waals surface area contributed by atoms with E-state index in [9.17, 15) is 0 Å². The molecule has 0 spiro atoms. The molecule has 1 nitrogen and oxygen atoms in total. The first-order valence-corrected chi connectivity index (χ1v) is 6.61. The molecule has 0 amide bonds. The van der Waals surface area contributed by atoms with E-state index in [0.717, 1.165) is 11.8 Å². The van der Waals surface area contributed by atoms with Crippen LogP contribution in [0.1, 0.15) is 53.4 Å². The van der Waals surface area contributed by atoms with Gasteiger partial charge in [0, 0.05) is 0 Å². The van der Waals surface area contributed by atoms with E-state index in [-0.39, 0.29) is 0 Å². The van der Waals surface area contributed by atoms with Crippen molar-refractivity contribution >= 4 is 0 Å². The van der Waals surface area contributed by atoms with Gasteiger partial charge in [-0.3, -0.25) is 0 Å². The molecular formula is C14H24O. The topological polar surface area (TPSA) is 9.23 Å². The molecule has 0 radical (unpaired) electrons. The van der Waals surface area contributed by atoms with E-state index in [0.29, 0.717) is 23.0 Å². The Kier molecular flexibility index (Phi) is 1.89. The van der Waals surface area contributed by atoms with E-state index in [1.807, 2.05) is 0 Å². The van der Waals surface area contributed by atoms with Crippen LogP contribution in [0.3, 0.4) is 0 Å². The summed E-state index contributed by atoms with van der Waals surface area (Å²) in [6.45, 7) is 9.58. The molecule has 1 aliphatic heterocycles. The fourth-order valence-electron chi connectivity index (χ4n) is 4.88. The standard InChI is InChI=1S/C14H24O/c1-9-7-14(4)11-5-6-13(3,8-11)12(14)15-10(9)2/h9-12H,5-8H2,1-4H3/t9-,10?,11?,12?,13?,14?/m1/s1. The molecule has 5 unspecified atom stereocenters. The maximum Gasteiger partial charge on any atom is 0.0688 e. The van der Waals surface area contributed by atoms with Crippen LogP contribution in [0.25, 0.3) is 0 Å². The quantitative estimate of drug-likeness (QED) is 0.590. The molecule has 2 bridgehead atoms. The van der Waals surface area contributed by atoms with Crippen LogP contribution in [-0.4, -0.2) is 12.2 Å². The second kappa shape index (κ2) is 2.80. The lowest BCUT2D eigenvalue weighted by Gasteiger charge is -2.51. The fraction of sp³-hybridized carbons (Fsp3) is 1.00. The Morgan fingerprint density at radius 2 is 1.87 bits per heavy atom. The summed E-state index contributed by atoms with van der Waals surface area (Å²) in [4.78, 5) is 0. The van der Waals surface area contributed by atoms with Gasteiger partial charge < -0.3 is 4.74 Å². The van der Waals surface area contributed by atoms with Crippen molar-refractivity contribution in [2.75, 3.05) is 0 Å². The van der Waals surface area contributed by atoms with E-state index >= 15 is 0 Å². The summed E-state index contributed by atoms with van der Waals surface area (Å²) in [5.41, 5.74) is 1.01. The lowest BCUT2D eigenvalue weighted by Crippen LogP contribution is -2.51. The molecule has 6 atom stereocenters. The minimum atomic E-state index is 0.472. The van der Waals surface area contributed by atoms with Crippen LogP contribution in [0, 0.1) is 22.7 Å². The van der Waals surface area contributed by atoms with Crippen LogP contribution < -0.4 is 0 Å². The van der Waals surface area contributed by atoms with E-state index in [4.69, 9.17) is 4.74 Å². The summed E-state index contributed by atoms with van der Waals surface area (Å²) in [7, 11) is 0. The average molecular weight is 208 g/mol. The molecule has 2 saturated carbocycles. The smallest absolute Gasteiger partial charge is 0.0688 e. The molecule has 3 aliphatic rings. The SMILES string of the molecule is CC1OC2C3(C)CCC(C3)C2(C)C[C@H]1C. The van der Waals surface area contributed by atoms with Crippen molar-refractivity contribution in [1.29, 1.82) is 0 Å². The highest BCUT2D eigenvalue weighted by Gasteiger charge is 2.64. The summed E-state index contributed by atoms with van der Waals surface area (Å²) in [5, 5.41) is 0. The van der Waals surface area contributed by atoms with Gasteiger partial charge in [-0.1, -0.05) is 20.8 Å². The van der Waals surface area contributed by atoms with Gasteiger partial charge in [-0.2, -0.15) is 0 Å². The van der Waals surface area contributed by atoms with Gasteiger partial charge in [-0.15, -0.1) is 0 Å². The normalized spacial score (nSPS) is 63.2. The Hall–Kier alpha value is -0.0400. The van der Waals surface area contributed by atoms with Gasteiger partial charge >= 0.3 is 0 Å². The maximum absolute atomic E-state index is 6.36. The lowest BCUT2D eigenvalue weighted by atomic mass is 9.63. The number of hydrogen-bond acceptors (Lipinski definition) is 1. The van der Waals surface area contributed by atoms with Gasteiger partial charge in [0.25, 0.3) is 0 Å². The van der Waals surface area contributed by atoms with Crippen LogP contribution in [0.4, 0.5) is 0 Å². The summed E-state index contributed by atoms with van der Waals surface area (Å²) in [5.74, 6) is 1.69. The molecule has 0 aromatic heterocycles. The van der Waals surface area contributed by atoms with Crippen molar-refractivity contribution in [1.82, 2.24) is 0 Å². The summed E-state index contributed by atoms with van der Waals surface area (Å²) < 4.78 is 6.36. The highest BCUT2D eigenvalue weighted by Crippen LogP contribution is 2.67. The van der Waals surface area contributed by atoms with Crippen molar-refractivity contribution in [3.8, 4) is 0 Å². The fourth-order valence-corrected chi connectivity index (χ4v) is 4.88. The Bertz CT molecular complexity index is 287. The molecule has 1 heteroatoms. The zero-order valence-corrected chi connectivity index (χ0v) is 10.5. The predicted molar refractivity (Wildman–Crippen MR) is 61.7 cm³/mol. The third kappa shape index (κ3) is 1.13. The van der Waals surface area contributed by atoms with Gasteiger partial charge in [0.1, 0.15) is 0 Å². The third-order valence-electron chi connectivity index (χ3n) is 5.86. The minimum absolute atomic E-state index is 0.472. The monoisotopic (exact) mass is 208 g/mol. The first-order chi connectivity index (χ1) is 6.96. The third-order valence-corrected chi connectivity index (χ3v) is 5.86. The van der Waals surface area contributed by atoms with Crippen LogP contribution >= 0.6 is 0 Å². The van der Waals surface area contributed by atoms with Gasteiger partial charge in [0.2, 0.25) is 0 Å². The van der Waals surface area contributed by atoms with Crippen molar-refractivity contribution in [2.45, 2.75) is 65.6 Å². The Balaban J connectivity index is 1.96. The van der Waals surface area contributed by atoms with Crippen LogP contribution in [0.5, 0.6) is 0 Å². The first-order valence-electron chi connectivity index (χ1n) is 6.61. The Labute approximate surface area is 93.6 Å². The number of rotatable bonds is 0. The van der Waals surface area contributed by atoms with Crippen molar-refractivity contribution < 1.29 is 4.74 Å². The molecule has 2 aliphatic carbocycles. The Morgan fingerprint density at radius 1 is 1.13 bits per heavy atom. The van der Waals surface area contributed by atoms with Gasteiger partial charge in [0.15, 0.2) is 0 Å². The van der Waals surface area contributed by atoms with E-state index in [1.165, 1.54) is 25.7 Å². The van der Waals surface area contributed by atoms with Crippen LogP contribution in [0.15, 0.2) is 0 Å². The van der Waals surface area contributed by atoms with E-state index in [2.05, 4.69) is 27.7 Å². The zero-order valence-electron chi connectivity index (χ0n) is 10.5. The van der Waals surface area contributed by atoms with Crippen LogP contribution in [-0.2, 0) is 4.74 Å². The molecule has 1 heterocycles.